The number of nitrogens with zero attached hydrogens (tertiary/aromatic N) is 3. The van der Waals surface area contributed by atoms with E-state index in [1.807, 2.05) is 0 Å². The van der Waals surface area contributed by atoms with E-state index in [-0.39, 0.29) is 10.6 Å². The molecule has 2 rings (SSSR count). The molecule has 0 saturated heterocycles. The van der Waals surface area contributed by atoms with E-state index >= 15 is 0 Å². The number of aromatic nitrogens is 3. The van der Waals surface area contributed by atoms with Crippen molar-refractivity contribution in [1.29, 1.82) is 0 Å². The Hall–Kier alpha value is -1.54. The van der Waals surface area contributed by atoms with E-state index in [2.05, 4.69) is 16.0 Å². The third-order valence-electron chi connectivity index (χ3n) is 2.52. The van der Waals surface area contributed by atoms with Crippen molar-refractivity contribution >= 4 is 25.3 Å². The molecule has 1 unspecified atom stereocenters. The lowest BCUT2D eigenvalue weighted by Gasteiger charge is -2.09. The van der Waals surface area contributed by atoms with Gasteiger partial charge in [0.1, 0.15) is 17.8 Å². The fraction of sp³-hybridized carbons (Fsp3) is 0.182. The van der Waals surface area contributed by atoms with Crippen molar-refractivity contribution in [2.75, 3.05) is 0 Å². The topological polar surface area (TPSA) is 47.8 Å². The molecule has 0 fully saturated rings. The molecule has 2 aromatic rings. The first-order valence-corrected chi connectivity index (χ1v) is 7.82. The molecule has 108 valence electrons. The summed E-state index contributed by atoms with van der Waals surface area (Å²) in [6.07, 6.45) is -1.92. The summed E-state index contributed by atoms with van der Waals surface area (Å²) < 4.78 is 51.3. The summed E-state index contributed by atoms with van der Waals surface area (Å²) in [5.74, 6) is 1.85. The molecule has 0 aliphatic rings. The molecule has 1 atom stereocenters. The molecule has 9 heteroatoms. The van der Waals surface area contributed by atoms with Gasteiger partial charge in [-0.1, -0.05) is 0 Å². The monoisotopic (exact) mass is 323 g/mol. The minimum absolute atomic E-state index is 0.115. The minimum atomic E-state index is -3.09. The van der Waals surface area contributed by atoms with Crippen LogP contribution in [0.25, 0.3) is 5.69 Å². The molecule has 4 nitrogen and oxygen atoms in total. The summed E-state index contributed by atoms with van der Waals surface area (Å²) in [4.78, 5) is 3.48. The summed E-state index contributed by atoms with van der Waals surface area (Å²) in [5, 5.41) is 3.45. The second-order valence-electron chi connectivity index (χ2n) is 4.01. The standard InChI is InChI=1S/C11H9ClF3N3OS/c1-6-3-7(13)8(4-9(6)20(2,12)19)18-5-16-11(17-18)10(14)15/h3-5,10H,2H2,1H3. The summed E-state index contributed by atoms with van der Waals surface area (Å²) in [6.45, 7) is 1.52. The second kappa shape index (κ2) is 5.10. The van der Waals surface area contributed by atoms with Gasteiger partial charge in [-0.05, 0) is 41.2 Å². The van der Waals surface area contributed by atoms with Crippen molar-refractivity contribution in [3.8, 4) is 5.69 Å². The molecule has 1 heterocycles. The van der Waals surface area contributed by atoms with Crippen molar-refractivity contribution in [2.45, 2.75) is 18.2 Å². The Morgan fingerprint density at radius 2 is 2.10 bits per heavy atom. The minimum Gasteiger partial charge on any atom is -0.248 e. The highest BCUT2D eigenvalue weighted by molar-refractivity contribution is 8.21. The maximum atomic E-state index is 13.9. The zero-order valence-corrected chi connectivity index (χ0v) is 11.8. The Labute approximate surface area is 117 Å². The Morgan fingerprint density at radius 1 is 1.45 bits per heavy atom. The van der Waals surface area contributed by atoms with Crippen LogP contribution in [-0.2, 0) is 8.74 Å². The molecule has 0 spiro atoms. The lowest BCUT2D eigenvalue weighted by Crippen LogP contribution is -2.04. The summed E-state index contributed by atoms with van der Waals surface area (Å²) >= 11 is 0. The van der Waals surface area contributed by atoms with Crippen molar-refractivity contribution in [2.24, 2.45) is 0 Å². The van der Waals surface area contributed by atoms with Crippen LogP contribution in [0, 0.1) is 12.7 Å². The van der Waals surface area contributed by atoms with Gasteiger partial charge in [-0.3, -0.25) is 0 Å². The summed E-state index contributed by atoms with van der Waals surface area (Å²) in [5.41, 5.74) is 0.164. The lowest BCUT2D eigenvalue weighted by molar-refractivity contribution is 0.140. The zero-order chi connectivity index (χ0) is 15.1. The average Bonchev–Trinajstić information content (AvgIpc) is 2.76. The molecular weight excluding hydrogens is 315 g/mol. The van der Waals surface area contributed by atoms with Crippen LogP contribution in [0.5, 0.6) is 0 Å². The number of hydrogen-bond donors (Lipinski definition) is 0. The van der Waals surface area contributed by atoms with Crippen LogP contribution in [0.4, 0.5) is 13.2 Å². The van der Waals surface area contributed by atoms with Crippen LogP contribution in [0.3, 0.4) is 0 Å². The molecule has 0 saturated carbocycles. The molecule has 0 amide bonds. The molecular formula is C11H9ClF3N3OS. The van der Waals surface area contributed by atoms with E-state index in [0.29, 0.717) is 5.56 Å². The first-order valence-electron chi connectivity index (χ1n) is 5.27. The van der Waals surface area contributed by atoms with Crippen molar-refractivity contribution in [3.05, 3.63) is 35.7 Å². The molecule has 20 heavy (non-hydrogen) atoms. The van der Waals surface area contributed by atoms with Crippen LogP contribution < -0.4 is 0 Å². The van der Waals surface area contributed by atoms with Crippen molar-refractivity contribution in [3.63, 3.8) is 0 Å². The largest absolute Gasteiger partial charge is 0.299 e. The van der Waals surface area contributed by atoms with Gasteiger partial charge in [-0.25, -0.2) is 27.0 Å². The Bertz CT molecular complexity index is 758. The van der Waals surface area contributed by atoms with Gasteiger partial charge in [0.05, 0.1) is 13.6 Å². The van der Waals surface area contributed by atoms with E-state index in [4.69, 9.17) is 10.7 Å². The molecule has 0 radical (unpaired) electrons. The second-order valence-corrected chi connectivity index (χ2v) is 7.14. The molecule has 1 aromatic carbocycles. The van der Waals surface area contributed by atoms with Gasteiger partial charge in [0.2, 0.25) is 5.82 Å². The van der Waals surface area contributed by atoms with Crippen LogP contribution in [0.1, 0.15) is 17.8 Å². The highest BCUT2D eigenvalue weighted by atomic mass is 35.7. The predicted molar refractivity (Wildman–Crippen MR) is 70.4 cm³/mol. The Morgan fingerprint density at radius 3 is 2.60 bits per heavy atom. The molecule has 0 N–H and O–H groups in total. The van der Waals surface area contributed by atoms with Crippen LogP contribution >= 0.6 is 10.7 Å². The van der Waals surface area contributed by atoms with E-state index in [9.17, 15) is 17.4 Å². The quantitative estimate of drug-likeness (QED) is 0.644. The first-order chi connectivity index (χ1) is 9.20. The van der Waals surface area contributed by atoms with Gasteiger partial charge in [0.25, 0.3) is 6.43 Å². The number of aryl methyl sites for hydroxylation is 1. The van der Waals surface area contributed by atoms with E-state index < -0.39 is 26.8 Å². The van der Waals surface area contributed by atoms with Gasteiger partial charge in [-0.2, -0.15) is 0 Å². The van der Waals surface area contributed by atoms with E-state index in [0.717, 1.165) is 23.1 Å². The smallest absolute Gasteiger partial charge is 0.248 e. The van der Waals surface area contributed by atoms with Gasteiger partial charge in [-0.15, -0.1) is 5.10 Å². The molecule has 0 aliphatic heterocycles. The van der Waals surface area contributed by atoms with Crippen LogP contribution in [0.2, 0.25) is 0 Å². The maximum absolute atomic E-state index is 13.9. The lowest BCUT2D eigenvalue weighted by atomic mass is 10.2. The fourth-order valence-electron chi connectivity index (χ4n) is 1.64. The summed E-state index contributed by atoms with van der Waals surface area (Å²) in [7, 11) is 2.57. The van der Waals surface area contributed by atoms with Crippen LogP contribution in [0.15, 0.2) is 23.4 Å². The SMILES string of the molecule is C=S(=O)(Cl)c1cc(-n2cnc(C(F)F)n2)c(F)cc1C. The van der Waals surface area contributed by atoms with E-state index in [1.54, 1.807) is 0 Å². The number of hydrogen-bond acceptors (Lipinski definition) is 3. The van der Waals surface area contributed by atoms with Gasteiger partial charge in [0, 0.05) is 0 Å². The average molecular weight is 324 g/mol. The molecule has 1 aromatic heterocycles. The highest BCUT2D eigenvalue weighted by Gasteiger charge is 2.18. The van der Waals surface area contributed by atoms with Crippen molar-refractivity contribution < 1.29 is 17.4 Å². The third-order valence-corrected chi connectivity index (χ3v) is 4.12. The van der Waals surface area contributed by atoms with Crippen molar-refractivity contribution in [1.82, 2.24) is 14.8 Å². The maximum Gasteiger partial charge on any atom is 0.299 e. The molecule has 0 bridgehead atoms. The highest BCUT2D eigenvalue weighted by Crippen LogP contribution is 2.25. The molecule has 0 aliphatic carbocycles. The predicted octanol–water partition coefficient (Wildman–Crippen LogP) is 2.88. The number of benzene rings is 1. The number of halogens is 4. The Balaban J connectivity index is 2.62. The van der Waals surface area contributed by atoms with Gasteiger partial charge < -0.3 is 0 Å². The van der Waals surface area contributed by atoms with E-state index in [1.165, 1.54) is 6.92 Å². The first kappa shape index (κ1) is 14.9. The third kappa shape index (κ3) is 2.80. The van der Waals surface area contributed by atoms with Gasteiger partial charge in [0.15, 0.2) is 0 Å². The normalized spacial score (nSPS) is 14.5. The van der Waals surface area contributed by atoms with Gasteiger partial charge >= 0.3 is 0 Å². The fourth-order valence-corrected chi connectivity index (χ4v) is 2.96. The zero-order valence-electron chi connectivity index (χ0n) is 10.2. The Kier molecular flexibility index (Phi) is 3.79. The summed E-state index contributed by atoms with van der Waals surface area (Å²) in [6, 6.07) is 2.25. The number of rotatable bonds is 3. The van der Waals surface area contributed by atoms with Crippen LogP contribution in [-0.4, -0.2) is 24.8 Å². The number of alkyl halides is 2.